The second-order valence-electron chi connectivity index (χ2n) is 3.91. The number of amides is 1. The highest BCUT2D eigenvalue weighted by Gasteiger charge is 2.26. The third kappa shape index (κ3) is 2.15. The van der Waals surface area contributed by atoms with E-state index in [2.05, 4.69) is 0 Å². The molecule has 1 saturated heterocycles. The molecule has 1 N–H and O–H groups in total. The van der Waals surface area contributed by atoms with Gasteiger partial charge in [0.2, 0.25) is 0 Å². The second-order valence-corrected chi connectivity index (χ2v) is 5.00. The molecule has 0 saturated carbocycles. The molecule has 1 aromatic heterocycles. The van der Waals surface area contributed by atoms with E-state index in [1.807, 2.05) is 0 Å². The van der Waals surface area contributed by atoms with Gasteiger partial charge in [-0.15, -0.1) is 11.3 Å². The molecule has 1 atom stereocenters. The van der Waals surface area contributed by atoms with Gasteiger partial charge in [-0.05, 0) is 25.5 Å². The second kappa shape index (κ2) is 4.35. The number of carbonyl (C=O) groups is 2. The van der Waals surface area contributed by atoms with Gasteiger partial charge in [0.05, 0.1) is 15.9 Å². The zero-order chi connectivity index (χ0) is 11.7. The molecule has 0 radical (unpaired) electrons. The largest absolute Gasteiger partial charge is 0.391 e. The maximum Gasteiger partial charge on any atom is 0.264 e. The van der Waals surface area contributed by atoms with Crippen molar-refractivity contribution in [1.82, 2.24) is 4.90 Å². The first-order chi connectivity index (χ1) is 7.58. The summed E-state index contributed by atoms with van der Waals surface area (Å²) in [6.07, 6.45) is 0.229. The molecule has 1 aromatic rings. The fraction of sp³-hybridized carbons (Fsp3) is 0.455. The van der Waals surface area contributed by atoms with E-state index in [9.17, 15) is 14.7 Å². The monoisotopic (exact) mass is 239 g/mol. The van der Waals surface area contributed by atoms with Crippen LogP contribution in [-0.4, -0.2) is 40.9 Å². The summed E-state index contributed by atoms with van der Waals surface area (Å²) in [7, 11) is 0. The van der Waals surface area contributed by atoms with Gasteiger partial charge in [-0.1, -0.05) is 0 Å². The van der Waals surface area contributed by atoms with E-state index >= 15 is 0 Å². The first-order valence-electron chi connectivity index (χ1n) is 5.16. The summed E-state index contributed by atoms with van der Waals surface area (Å²) in [5, 5.41) is 9.34. The van der Waals surface area contributed by atoms with Crippen molar-refractivity contribution >= 4 is 23.0 Å². The van der Waals surface area contributed by atoms with Crippen LogP contribution in [0.4, 0.5) is 0 Å². The first kappa shape index (κ1) is 11.3. The van der Waals surface area contributed by atoms with Crippen LogP contribution >= 0.6 is 11.3 Å². The minimum absolute atomic E-state index is 0.0227. The van der Waals surface area contributed by atoms with Crippen molar-refractivity contribution in [2.75, 3.05) is 13.1 Å². The van der Waals surface area contributed by atoms with Gasteiger partial charge < -0.3 is 10.0 Å². The Morgan fingerprint density at radius 3 is 2.62 bits per heavy atom. The molecule has 4 nitrogen and oxygen atoms in total. The predicted molar refractivity (Wildman–Crippen MR) is 60.9 cm³/mol. The molecule has 5 heteroatoms. The van der Waals surface area contributed by atoms with Crippen LogP contribution in [0, 0.1) is 0 Å². The topological polar surface area (TPSA) is 57.6 Å². The van der Waals surface area contributed by atoms with Crippen LogP contribution in [-0.2, 0) is 0 Å². The van der Waals surface area contributed by atoms with Gasteiger partial charge in [-0.25, -0.2) is 0 Å². The molecule has 2 heterocycles. The smallest absolute Gasteiger partial charge is 0.264 e. The minimum Gasteiger partial charge on any atom is -0.391 e. The lowest BCUT2D eigenvalue weighted by Crippen LogP contribution is -2.28. The predicted octanol–water partition coefficient (Wildman–Crippen LogP) is 1.16. The average Bonchev–Trinajstić information content (AvgIpc) is 2.84. The van der Waals surface area contributed by atoms with Crippen molar-refractivity contribution in [2.24, 2.45) is 0 Å². The molecule has 0 aliphatic carbocycles. The quantitative estimate of drug-likeness (QED) is 0.788. The van der Waals surface area contributed by atoms with Crippen molar-refractivity contribution in [1.29, 1.82) is 0 Å². The maximum absolute atomic E-state index is 11.9. The fourth-order valence-corrected chi connectivity index (χ4v) is 2.59. The van der Waals surface area contributed by atoms with Crippen LogP contribution in [0.25, 0.3) is 0 Å². The van der Waals surface area contributed by atoms with E-state index in [-0.39, 0.29) is 11.7 Å². The van der Waals surface area contributed by atoms with Crippen LogP contribution < -0.4 is 0 Å². The van der Waals surface area contributed by atoms with Crippen molar-refractivity contribution in [3.05, 3.63) is 21.9 Å². The third-order valence-electron chi connectivity index (χ3n) is 2.61. The van der Waals surface area contributed by atoms with Crippen LogP contribution in [0.2, 0.25) is 0 Å². The number of nitrogens with zero attached hydrogens (tertiary/aromatic N) is 1. The number of β-amino-alcohol motifs (C(OH)–C–C–N with tert-alkyl or cyclic N) is 1. The number of Topliss-reactive ketones (excluding diaryl/α,β-unsaturated/α-hetero) is 1. The zero-order valence-electron chi connectivity index (χ0n) is 8.97. The van der Waals surface area contributed by atoms with E-state index in [4.69, 9.17) is 0 Å². The van der Waals surface area contributed by atoms with Crippen LogP contribution in [0.15, 0.2) is 12.1 Å². The molecule has 1 amide bonds. The Hall–Kier alpha value is -1.20. The first-order valence-corrected chi connectivity index (χ1v) is 5.97. The molecule has 2 rings (SSSR count). The Morgan fingerprint density at radius 1 is 1.44 bits per heavy atom. The number of ketones is 1. The van der Waals surface area contributed by atoms with Crippen molar-refractivity contribution < 1.29 is 14.7 Å². The summed E-state index contributed by atoms with van der Waals surface area (Å²) in [6, 6.07) is 3.35. The highest BCUT2D eigenvalue weighted by molar-refractivity contribution is 7.15. The highest BCUT2D eigenvalue weighted by Crippen LogP contribution is 2.21. The normalized spacial score (nSPS) is 20.1. The average molecular weight is 239 g/mol. The summed E-state index contributed by atoms with van der Waals surface area (Å²) in [4.78, 5) is 25.8. The number of hydrogen-bond donors (Lipinski definition) is 1. The van der Waals surface area contributed by atoms with Gasteiger partial charge in [0.1, 0.15) is 0 Å². The molecular weight excluding hydrogens is 226 g/mol. The molecule has 1 aliphatic heterocycles. The van der Waals surface area contributed by atoms with Crippen LogP contribution in [0.5, 0.6) is 0 Å². The van der Waals surface area contributed by atoms with Gasteiger partial charge >= 0.3 is 0 Å². The lowest BCUT2D eigenvalue weighted by atomic mass is 10.3. The van der Waals surface area contributed by atoms with Crippen molar-refractivity contribution in [3.8, 4) is 0 Å². The van der Waals surface area contributed by atoms with E-state index in [0.717, 1.165) is 0 Å². The van der Waals surface area contributed by atoms with Gasteiger partial charge in [0.25, 0.3) is 5.91 Å². The van der Waals surface area contributed by atoms with E-state index in [1.54, 1.807) is 17.0 Å². The molecule has 86 valence electrons. The van der Waals surface area contributed by atoms with Gasteiger partial charge in [0.15, 0.2) is 5.78 Å². The van der Waals surface area contributed by atoms with E-state index < -0.39 is 6.10 Å². The molecule has 0 bridgehead atoms. The van der Waals surface area contributed by atoms with E-state index in [0.29, 0.717) is 29.3 Å². The number of rotatable bonds is 2. The maximum atomic E-state index is 11.9. The number of aliphatic hydroxyl groups excluding tert-OH is 1. The zero-order valence-corrected chi connectivity index (χ0v) is 9.79. The van der Waals surface area contributed by atoms with Crippen molar-refractivity contribution in [3.63, 3.8) is 0 Å². The molecule has 0 aromatic carbocycles. The Morgan fingerprint density at radius 2 is 2.12 bits per heavy atom. The third-order valence-corrected chi connectivity index (χ3v) is 3.79. The minimum atomic E-state index is -0.406. The Balaban J connectivity index is 2.11. The van der Waals surface area contributed by atoms with Crippen molar-refractivity contribution in [2.45, 2.75) is 19.4 Å². The summed E-state index contributed by atoms with van der Waals surface area (Å²) >= 11 is 1.21. The van der Waals surface area contributed by atoms with Gasteiger partial charge in [-0.2, -0.15) is 0 Å². The standard InChI is InChI=1S/C11H13NO3S/c1-7(13)9-2-3-10(16-9)11(15)12-5-4-8(14)6-12/h2-3,8,14H,4-6H2,1H3. The summed E-state index contributed by atoms with van der Waals surface area (Å²) in [5.74, 6) is -0.112. The summed E-state index contributed by atoms with van der Waals surface area (Å²) in [6.45, 7) is 2.47. The Kier molecular flexibility index (Phi) is 3.07. The lowest BCUT2D eigenvalue weighted by Gasteiger charge is -2.13. The molecule has 1 aliphatic rings. The molecule has 1 fully saturated rings. The van der Waals surface area contributed by atoms with E-state index in [1.165, 1.54) is 18.3 Å². The summed E-state index contributed by atoms with van der Waals surface area (Å²) in [5.41, 5.74) is 0. The SMILES string of the molecule is CC(=O)c1ccc(C(=O)N2CCC(O)C2)s1. The lowest BCUT2D eigenvalue weighted by molar-refractivity contribution is 0.0769. The van der Waals surface area contributed by atoms with Gasteiger partial charge in [-0.3, -0.25) is 9.59 Å². The van der Waals surface area contributed by atoms with Crippen LogP contribution in [0.1, 0.15) is 32.7 Å². The fourth-order valence-electron chi connectivity index (χ4n) is 1.72. The number of thiophene rings is 1. The Bertz CT molecular complexity index is 427. The molecular formula is C11H13NO3S. The molecule has 16 heavy (non-hydrogen) atoms. The number of hydrogen-bond acceptors (Lipinski definition) is 4. The van der Waals surface area contributed by atoms with Gasteiger partial charge in [0, 0.05) is 13.1 Å². The summed E-state index contributed by atoms with van der Waals surface area (Å²) < 4.78 is 0. The highest BCUT2D eigenvalue weighted by atomic mass is 32.1. The number of aliphatic hydroxyl groups is 1. The Labute approximate surface area is 97.5 Å². The number of likely N-dealkylation sites (tertiary alicyclic amines) is 1. The number of carbonyl (C=O) groups excluding carboxylic acids is 2. The van der Waals surface area contributed by atoms with Crippen LogP contribution in [0.3, 0.4) is 0 Å². The molecule has 1 unspecified atom stereocenters. The molecule has 0 spiro atoms.